The van der Waals surface area contributed by atoms with Crippen molar-refractivity contribution in [2.75, 3.05) is 0 Å². The van der Waals surface area contributed by atoms with Crippen LogP contribution in [0.15, 0.2) is 11.3 Å². The third-order valence-electron chi connectivity index (χ3n) is 1.12. The average Bonchev–Trinajstić information content (AvgIpc) is 1.63. The van der Waals surface area contributed by atoms with Crippen LogP contribution in [0.4, 0.5) is 0 Å². The van der Waals surface area contributed by atoms with Crippen LogP contribution in [0, 0.1) is 0 Å². The highest BCUT2D eigenvalue weighted by Gasteiger charge is 1.94. The number of allylic oxidation sites excluding steroid dienone is 2. The summed E-state index contributed by atoms with van der Waals surface area (Å²) in [6, 6.07) is 0. The minimum Gasteiger partial charge on any atom is -0.496 e. The molecule has 1 nitrogen and oxygen atoms in total. The molecule has 0 aromatic carbocycles. The standard InChI is InChI=1S/C8H16O/c1-6(2)8(5)9-7(3)4/h7H,1-5H3. The van der Waals surface area contributed by atoms with Crippen molar-refractivity contribution >= 4 is 0 Å². The molecule has 0 radical (unpaired) electrons. The first-order chi connectivity index (χ1) is 4.04. The van der Waals surface area contributed by atoms with E-state index in [0.717, 1.165) is 5.76 Å². The zero-order valence-electron chi connectivity index (χ0n) is 6.99. The summed E-state index contributed by atoms with van der Waals surface area (Å²) in [7, 11) is 0. The molecule has 0 aliphatic carbocycles. The Hall–Kier alpha value is -0.460. The van der Waals surface area contributed by atoms with Gasteiger partial charge in [0.1, 0.15) is 0 Å². The molecule has 0 rings (SSSR count). The highest BCUT2D eigenvalue weighted by molar-refractivity contribution is 4.99. The summed E-state index contributed by atoms with van der Waals surface area (Å²) in [6.45, 7) is 10.2. The second kappa shape index (κ2) is 3.54. The van der Waals surface area contributed by atoms with Gasteiger partial charge < -0.3 is 4.74 Å². The van der Waals surface area contributed by atoms with Crippen LogP contribution in [-0.2, 0) is 4.74 Å². The van der Waals surface area contributed by atoms with Crippen molar-refractivity contribution in [3.8, 4) is 0 Å². The lowest BCUT2D eigenvalue weighted by Crippen LogP contribution is -2.00. The zero-order valence-corrected chi connectivity index (χ0v) is 6.99. The van der Waals surface area contributed by atoms with Gasteiger partial charge in [0.25, 0.3) is 0 Å². The fourth-order valence-electron chi connectivity index (χ4n) is 0.471. The van der Waals surface area contributed by atoms with Crippen LogP contribution in [0.1, 0.15) is 34.6 Å². The van der Waals surface area contributed by atoms with Crippen LogP contribution >= 0.6 is 0 Å². The van der Waals surface area contributed by atoms with Crippen LogP contribution in [0.3, 0.4) is 0 Å². The van der Waals surface area contributed by atoms with E-state index in [1.165, 1.54) is 5.57 Å². The van der Waals surface area contributed by atoms with Crippen molar-refractivity contribution in [1.82, 2.24) is 0 Å². The highest BCUT2D eigenvalue weighted by atomic mass is 16.5. The Balaban J connectivity index is 3.77. The molecule has 0 bridgehead atoms. The summed E-state index contributed by atoms with van der Waals surface area (Å²) < 4.78 is 5.39. The van der Waals surface area contributed by atoms with Crippen LogP contribution in [0.5, 0.6) is 0 Å². The predicted molar refractivity (Wildman–Crippen MR) is 40.3 cm³/mol. The third kappa shape index (κ3) is 4.07. The van der Waals surface area contributed by atoms with Crippen molar-refractivity contribution in [2.45, 2.75) is 40.7 Å². The normalized spacial score (nSPS) is 9.56. The molecule has 0 saturated heterocycles. The van der Waals surface area contributed by atoms with E-state index in [1.54, 1.807) is 0 Å². The molecule has 9 heavy (non-hydrogen) atoms. The van der Waals surface area contributed by atoms with Gasteiger partial charge in [0, 0.05) is 0 Å². The molecule has 0 N–H and O–H groups in total. The maximum atomic E-state index is 5.39. The lowest BCUT2D eigenvalue weighted by Gasteiger charge is -2.10. The molecular formula is C8H16O. The van der Waals surface area contributed by atoms with E-state index in [-0.39, 0.29) is 0 Å². The Morgan fingerprint density at radius 3 is 1.67 bits per heavy atom. The lowest BCUT2D eigenvalue weighted by molar-refractivity contribution is 0.146. The smallest absolute Gasteiger partial charge is 0.0926 e. The Kier molecular flexibility index (Phi) is 3.36. The topological polar surface area (TPSA) is 9.23 Å². The molecule has 54 valence electrons. The Morgan fingerprint density at radius 2 is 1.56 bits per heavy atom. The molecule has 0 aliphatic rings. The van der Waals surface area contributed by atoms with Gasteiger partial charge in [-0.3, -0.25) is 0 Å². The number of ether oxygens (including phenoxy) is 1. The molecule has 0 heterocycles. The molecule has 0 aromatic rings. The maximum absolute atomic E-state index is 5.39. The first-order valence-corrected chi connectivity index (χ1v) is 3.34. The number of rotatable bonds is 2. The summed E-state index contributed by atoms with van der Waals surface area (Å²) >= 11 is 0. The summed E-state index contributed by atoms with van der Waals surface area (Å²) in [5.41, 5.74) is 1.25. The lowest BCUT2D eigenvalue weighted by atomic mass is 10.3. The van der Waals surface area contributed by atoms with E-state index in [9.17, 15) is 0 Å². The first kappa shape index (κ1) is 8.54. The second-order valence-corrected chi connectivity index (χ2v) is 2.72. The third-order valence-corrected chi connectivity index (χ3v) is 1.12. The van der Waals surface area contributed by atoms with Gasteiger partial charge in [-0.1, -0.05) is 0 Å². The molecule has 0 atom stereocenters. The van der Waals surface area contributed by atoms with Crippen LogP contribution in [0.2, 0.25) is 0 Å². The molecule has 0 amide bonds. The largest absolute Gasteiger partial charge is 0.496 e. The quantitative estimate of drug-likeness (QED) is 0.519. The van der Waals surface area contributed by atoms with Gasteiger partial charge in [-0.2, -0.15) is 0 Å². The second-order valence-electron chi connectivity index (χ2n) is 2.72. The SMILES string of the molecule is CC(C)=C(C)OC(C)C. The minimum absolute atomic E-state index is 0.305. The fraction of sp³-hybridized carbons (Fsp3) is 0.750. The summed E-state index contributed by atoms with van der Waals surface area (Å²) in [4.78, 5) is 0. The van der Waals surface area contributed by atoms with Crippen LogP contribution in [0.25, 0.3) is 0 Å². The van der Waals surface area contributed by atoms with E-state index in [4.69, 9.17) is 4.74 Å². The molecule has 0 unspecified atom stereocenters. The van der Waals surface area contributed by atoms with E-state index >= 15 is 0 Å². The Bertz CT molecular complexity index is 108. The zero-order chi connectivity index (χ0) is 7.44. The summed E-state index contributed by atoms with van der Waals surface area (Å²) in [5.74, 6) is 1.05. The van der Waals surface area contributed by atoms with Gasteiger partial charge in [-0.25, -0.2) is 0 Å². The van der Waals surface area contributed by atoms with Crippen molar-refractivity contribution < 1.29 is 4.74 Å². The maximum Gasteiger partial charge on any atom is 0.0926 e. The van der Waals surface area contributed by atoms with Crippen molar-refractivity contribution in [1.29, 1.82) is 0 Å². The summed E-state index contributed by atoms with van der Waals surface area (Å²) in [6.07, 6.45) is 0.305. The molecule has 0 saturated carbocycles. The molecular weight excluding hydrogens is 112 g/mol. The van der Waals surface area contributed by atoms with Gasteiger partial charge in [-0.15, -0.1) is 0 Å². The Labute approximate surface area is 57.7 Å². The van der Waals surface area contributed by atoms with Crippen molar-refractivity contribution in [3.63, 3.8) is 0 Å². The first-order valence-electron chi connectivity index (χ1n) is 3.34. The van der Waals surface area contributed by atoms with E-state index in [2.05, 4.69) is 13.8 Å². The molecule has 0 fully saturated rings. The van der Waals surface area contributed by atoms with Gasteiger partial charge in [0.15, 0.2) is 0 Å². The molecule has 1 heteroatoms. The molecule has 0 spiro atoms. The minimum atomic E-state index is 0.305. The van der Waals surface area contributed by atoms with Crippen molar-refractivity contribution in [3.05, 3.63) is 11.3 Å². The fourth-order valence-corrected chi connectivity index (χ4v) is 0.471. The number of hydrogen-bond acceptors (Lipinski definition) is 1. The van der Waals surface area contributed by atoms with E-state index in [0.29, 0.717) is 6.10 Å². The molecule has 0 aromatic heterocycles. The van der Waals surface area contributed by atoms with Gasteiger partial charge in [-0.05, 0) is 40.2 Å². The van der Waals surface area contributed by atoms with Crippen LogP contribution < -0.4 is 0 Å². The van der Waals surface area contributed by atoms with Crippen LogP contribution in [-0.4, -0.2) is 6.10 Å². The van der Waals surface area contributed by atoms with E-state index < -0.39 is 0 Å². The average molecular weight is 128 g/mol. The van der Waals surface area contributed by atoms with Gasteiger partial charge in [0.05, 0.1) is 11.9 Å². The highest BCUT2D eigenvalue weighted by Crippen LogP contribution is 2.05. The monoisotopic (exact) mass is 128 g/mol. The molecule has 0 aliphatic heterocycles. The van der Waals surface area contributed by atoms with E-state index in [1.807, 2.05) is 20.8 Å². The summed E-state index contributed by atoms with van der Waals surface area (Å²) in [5, 5.41) is 0. The number of hydrogen-bond donors (Lipinski definition) is 0. The van der Waals surface area contributed by atoms with Gasteiger partial charge >= 0.3 is 0 Å². The van der Waals surface area contributed by atoms with Gasteiger partial charge in [0.2, 0.25) is 0 Å². The Morgan fingerprint density at radius 1 is 1.11 bits per heavy atom. The van der Waals surface area contributed by atoms with Crippen molar-refractivity contribution in [2.24, 2.45) is 0 Å². The predicted octanol–water partition coefficient (Wildman–Crippen LogP) is 2.73.